The number of aliphatic hydroxyl groups is 2. The summed E-state index contributed by atoms with van der Waals surface area (Å²) in [5.74, 6) is -1.13. The molecule has 0 aliphatic rings. The van der Waals surface area contributed by atoms with Gasteiger partial charge in [0.25, 0.3) is 0 Å². The van der Waals surface area contributed by atoms with Crippen molar-refractivity contribution in [2.24, 2.45) is 0 Å². The van der Waals surface area contributed by atoms with Crippen LogP contribution >= 0.6 is 0 Å². The molecule has 0 aromatic rings. The molecule has 6 nitrogen and oxygen atoms in total. The van der Waals surface area contributed by atoms with Crippen molar-refractivity contribution in [3.8, 4) is 0 Å². The molecular formula is C17H35N2NaO4. The minimum Gasteiger partial charge on any atom is -0.548 e. The summed E-state index contributed by atoms with van der Waals surface area (Å²) in [6.45, 7) is 7.63. The number of hydrogen-bond acceptors (Lipinski definition) is 6. The molecule has 0 radical (unpaired) electrons. The van der Waals surface area contributed by atoms with Gasteiger partial charge in [-0.25, -0.2) is 0 Å². The topological polar surface area (TPSA) is 95.9 Å². The van der Waals surface area contributed by atoms with Gasteiger partial charge in [-0.2, -0.15) is 0 Å². The number of aliphatic carboxylic acids is 1. The first-order chi connectivity index (χ1) is 10.9. The van der Waals surface area contributed by atoms with Crippen molar-refractivity contribution in [1.29, 1.82) is 0 Å². The summed E-state index contributed by atoms with van der Waals surface area (Å²) in [7, 11) is 0. The van der Waals surface area contributed by atoms with E-state index in [-0.39, 0.29) is 35.7 Å². The summed E-state index contributed by atoms with van der Waals surface area (Å²) in [5.41, 5.74) is 0. The van der Waals surface area contributed by atoms with E-state index in [4.69, 9.17) is 0 Å². The van der Waals surface area contributed by atoms with Crippen LogP contribution < -0.4 is 40.0 Å². The Hall–Kier alpha value is 0.310. The number of carboxylic acids is 1. The number of nitrogens with one attached hydrogen (secondary N) is 1. The van der Waals surface area contributed by atoms with Gasteiger partial charge in [0, 0.05) is 32.2 Å². The molecule has 138 valence electrons. The zero-order chi connectivity index (χ0) is 17.7. The Balaban J connectivity index is 0. The normalized spacial score (nSPS) is 14.9. The molecule has 0 aliphatic heterocycles. The second kappa shape index (κ2) is 16.8. The third-order valence-electron chi connectivity index (χ3n) is 4.07. The minimum absolute atomic E-state index is 0. The van der Waals surface area contributed by atoms with E-state index in [0.29, 0.717) is 32.6 Å². The van der Waals surface area contributed by atoms with Crippen LogP contribution in [0.25, 0.3) is 0 Å². The van der Waals surface area contributed by atoms with Crippen LogP contribution in [-0.4, -0.2) is 65.5 Å². The van der Waals surface area contributed by atoms with Crippen molar-refractivity contribution >= 4 is 5.97 Å². The summed E-state index contributed by atoms with van der Waals surface area (Å²) < 4.78 is 0. The van der Waals surface area contributed by atoms with Crippen LogP contribution in [0.3, 0.4) is 0 Å². The van der Waals surface area contributed by atoms with Crippen molar-refractivity contribution in [3.63, 3.8) is 0 Å². The average Bonchev–Trinajstić information content (AvgIpc) is 2.52. The number of carbonyl (C=O) groups excluding carboxylic acids is 1. The summed E-state index contributed by atoms with van der Waals surface area (Å²) >= 11 is 0. The number of aliphatic hydroxyl groups excluding tert-OH is 2. The Morgan fingerprint density at radius 3 is 2.17 bits per heavy atom. The van der Waals surface area contributed by atoms with Gasteiger partial charge < -0.3 is 25.4 Å². The van der Waals surface area contributed by atoms with Gasteiger partial charge in [0.05, 0.1) is 18.2 Å². The molecule has 0 rings (SSSR count). The third-order valence-corrected chi connectivity index (χ3v) is 4.07. The maximum Gasteiger partial charge on any atom is 1.00 e. The van der Waals surface area contributed by atoms with Crippen LogP contribution in [0.4, 0.5) is 0 Å². The second-order valence-electron chi connectivity index (χ2n) is 6.29. The van der Waals surface area contributed by atoms with Crippen LogP contribution in [0, 0.1) is 0 Å². The molecule has 0 heterocycles. The number of carbonyl (C=O) groups is 1. The summed E-state index contributed by atoms with van der Waals surface area (Å²) in [5, 5.41) is 34.0. The molecule has 0 saturated carbocycles. The molecule has 0 bridgehead atoms. The molecule has 0 spiro atoms. The second-order valence-corrected chi connectivity index (χ2v) is 6.29. The fraction of sp³-hybridized carbons (Fsp3) is 0.941. The van der Waals surface area contributed by atoms with E-state index in [1.54, 1.807) is 11.8 Å². The first-order valence-corrected chi connectivity index (χ1v) is 8.94. The van der Waals surface area contributed by atoms with Crippen LogP contribution in [-0.2, 0) is 4.79 Å². The quantitative estimate of drug-likeness (QED) is 0.216. The molecule has 0 amide bonds. The predicted molar refractivity (Wildman–Crippen MR) is 90.0 cm³/mol. The van der Waals surface area contributed by atoms with Crippen LogP contribution in [0.2, 0.25) is 0 Å². The molecule has 0 aromatic heterocycles. The number of hydrogen-bond donors (Lipinski definition) is 3. The fourth-order valence-corrected chi connectivity index (χ4v) is 2.43. The molecule has 3 N–H and O–H groups in total. The minimum atomic E-state index is -1.13. The first kappa shape index (κ1) is 26.5. The molecule has 7 heteroatoms. The van der Waals surface area contributed by atoms with Gasteiger partial charge in [-0.05, 0) is 19.8 Å². The molecule has 0 saturated heterocycles. The Kier molecular flexibility index (Phi) is 18.5. The fourth-order valence-electron chi connectivity index (χ4n) is 2.43. The standard InChI is InChI=1S/C17H36N2O4.Na/c1-4-6-8-15(20)12-18-10-11-19(14(3)17(22)23)13-16(21)9-7-5-2;/h14-16,18,20-21H,4-13H2,1-3H3,(H,22,23);/q;+1/p-1. The van der Waals surface area contributed by atoms with Gasteiger partial charge in [0.2, 0.25) is 0 Å². The number of carboxylic acid groups (broad SMARTS) is 1. The average molecular weight is 354 g/mol. The van der Waals surface area contributed by atoms with E-state index >= 15 is 0 Å². The molecule has 0 aromatic carbocycles. The van der Waals surface area contributed by atoms with E-state index in [1.165, 1.54) is 0 Å². The van der Waals surface area contributed by atoms with Gasteiger partial charge in [-0.1, -0.05) is 39.5 Å². The SMILES string of the molecule is CCCCC(O)CNCCN(CC(O)CCCC)C(C)C(=O)[O-].[Na+]. The Morgan fingerprint density at radius 1 is 1.12 bits per heavy atom. The van der Waals surface area contributed by atoms with Crippen molar-refractivity contribution in [2.45, 2.75) is 77.5 Å². The molecular weight excluding hydrogens is 319 g/mol. The number of rotatable bonds is 15. The van der Waals surface area contributed by atoms with E-state index in [9.17, 15) is 20.1 Å². The summed E-state index contributed by atoms with van der Waals surface area (Å²) in [6.07, 6.45) is 4.56. The van der Waals surface area contributed by atoms with Crippen LogP contribution in [0.1, 0.15) is 59.3 Å². The van der Waals surface area contributed by atoms with Gasteiger partial charge in [-0.3, -0.25) is 4.90 Å². The maximum absolute atomic E-state index is 11.1. The van der Waals surface area contributed by atoms with Crippen molar-refractivity contribution in [2.75, 3.05) is 26.2 Å². The largest absolute Gasteiger partial charge is 1.00 e. The van der Waals surface area contributed by atoms with Crippen molar-refractivity contribution in [3.05, 3.63) is 0 Å². The zero-order valence-corrected chi connectivity index (χ0v) is 18.0. The molecule has 3 atom stereocenters. The van der Waals surface area contributed by atoms with Crippen molar-refractivity contribution in [1.82, 2.24) is 10.2 Å². The first-order valence-electron chi connectivity index (χ1n) is 8.94. The Morgan fingerprint density at radius 2 is 1.67 bits per heavy atom. The Labute approximate surface area is 169 Å². The van der Waals surface area contributed by atoms with E-state index in [0.717, 1.165) is 32.1 Å². The smallest absolute Gasteiger partial charge is 0.548 e. The van der Waals surface area contributed by atoms with Crippen LogP contribution in [0.15, 0.2) is 0 Å². The molecule has 3 unspecified atom stereocenters. The predicted octanol–water partition coefficient (Wildman–Crippen LogP) is -2.88. The van der Waals surface area contributed by atoms with E-state index in [1.807, 2.05) is 0 Å². The van der Waals surface area contributed by atoms with Gasteiger partial charge in [-0.15, -0.1) is 0 Å². The molecule has 24 heavy (non-hydrogen) atoms. The van der Waals surface area contributed by atoms with E-state index in [2.05, 4.69) is 19.2 Å². The Bertz CT molecular complexity index is 308. The van der Waals surface area contributed by atoms with Crippen LogP contribution in [0.5, 0.6) is 0 Å². The summed E-state index contributed by atoms with van der Waals surface area (Å²) in [4.78, 5) is 12.8. The molecule has 0 fully saturated rings. The number of unbranched alkanes of at least 4 members (excludes halogenated alkanes) is 2. The van der Waals surface area contributed by atoms with Gasteiger partial charge in [0.1, 0.15) is 0 Å². The molecule has 0 aliphatic carbocycles. The van der Waals surface area contributed by atoms with Gasteiger partial charge in [0.15, 0.2) is 0 Å². The third kappa shape index (κ3) is 13.6. The zero-order valence-electron chi connectivity index (χ0n) is 16.0. The van der Waals surface area contributed by atoms with Gasteiger partial charge >= 0.3 is 29.6 Å². The monoisotopic (exact) mass is 354 g/mol. The summed E-state index contributed by atoms with van der Waals surface area (Å²) in [6, 6.07) is -0.738. The van der Waals surface area contributed by atoms with E-state index < -0.39 is 18.1 Å². The van der Waals surface area contributed by atoms with Crippen molar-refractivity contribution < 1.29 is 49.7 Å². The maximum atomic E-state index is 11.1. The number of nitrogens with zero attached hydrogens (tertiary/aromatic N) is 1.